The largest absolute Gasteiger partial charge is 0.507 e. The Balaban J connectivity index is 1.56. The van der Waals surface area contributed by atoms with Crippen molar-refractivity contribution in [3.05, 3.63) is 117 Å². The maximum atomic E-state index is 14.6. The van der Waals surface area contributed by atoms with Crippen LogP contribution >= 0.6 is 31.9 Å². The van der Waals surface area contributed by atoms with Gasteiger partial charge in [0.05, 0.1) is 36.7 Å². The van der Waals surface area contributed by atoms with E-state index >= 15 is 0 Å². The molecule has 0 atom stereocenters. The van der Waals surface area contributed by atoms with Gasteiger partial charge in [-0.25, -0.2) is 9.36 Å². The minimum Gasteiger partial charge on any atom is -0.507 e. The first-order valence-corrected chi connectivity index (χ1v) is 14.8. The summed E-state index contributed by atoms with van der Waals surface area (Å²) in [4.78, 5) is 14.6. The molecule has 6 rings (SSSR count). The van der Waals surface area contributed by atoms with Crippen LogP contribution in [-0.4, -0.2) is 49.8 Å². The topological polar surface area (TPSA) is 112 Å². The van der Waals surface area contributed by atoms with Crippen molar-refractivity contribution in [2.24, 2.45) is 0 Å². The van der Waals surface area contributed by atoms with Crippen LogP contribution in [0.3, 0.4) is 0 Å². The second-order valence-electron chi connectivity index (χ2n) is 9.72. The molecule has 0 fully saturated rings. The van der Waals surface area contributed by atoms with Gasteiger partial charge < -0.3 is 19.7 Å². The van der Waals surface area contributed by atoms with E-state index in [1.165, 1.54) is 12.1 Å². The van der Waals surface area contributed by atoms with E-state index in [1.807, 2.05) is 24.3 Å². The van der Waals surface area contributed by atoms with Gasteiger partial charge in [-0.1, -0.05) is 31.9 Å². The first-order valence-electron chi connectivity index (χ1n) is 13.3. The van der Waals surface area contributed by atoms with Gasteiger partial charge in [0.2, 0.25) is 5.78 Å². The van der Waals surface area contributed by atoms with Crippen LogP contribution in [0.1, 0.15) is 15.9 Å². The lowest BCUT2D eigenvalue weighted by molar-refractivity contribution is 0.104. The maximum Gasteiger partial charge on any atom is 0.200 e. The van der Waals surface area contributed by atoms with Gasteiger partial charge in [0, 0.05) is 32.5 Å². The molecule has 2 heterocycles. The Morgan fingerprint density at radius 1 is 0.636 bits per heavy atom. The zero-order valence-corrected chi connectivity index (χ0v) is 26.6. The number of nitrogens with zero attached hydrogens (tertiary/aromatic N) is 4. The molecule has 0 spiro atoms. The lowest BCUT2D eigenvalue weighted by Crippen LogP contribution is -2.03. The second-order valence-corrected chi connectivity index (χ2v) is 11.6. The smallest absolute Gasteiger partial charge is 0.200 e. The van der Waals surface area contributed by atoms with Crippen molar-refractivity contribution in [3.8, 4) is 56.9 Å². The van der Waals surface area contributed by atoms with Crippen molar-refractivity contribution >= 4 is 37.6 Å². The fraction of sp³-hybridized carbons (Fsp3) is 0.0606. The number of ether oxygens (including phenoxy) is 2. The summed E-state index contributed by atoms with van der Waals surface area (Å²) in [5.41, 5.74) is 3.07. The summed E-state index contributed by atoms with van der Waals surface area (Å²) in [5.74, 6) is 0.855. The molecule has 9 nitrogen and oxygen atoms in total. The van der Waals surface area contributed by atoms with Gasteiger partial charge in [0.25, 0.3) is 0 Å². The summed E-state index contributed by atoms with van der Waals surface area (Å²) in [6.45, 7) is 0. The number of aromatic hydroxyl groups is 2. The molecule has 0 saturated heterocycles. The second kappa shape index (κ2) is 12.0. The number of ketones is 1. The number of carbonyl (C=O) groups excluding carboxylic acids is 1. The van der Waals surface area contributed by atoms with Crippen LogP contribution in [0.25, 0.3) is 33.9 Å². The molecule has 0 aliphatic rings. The van der Waals surface area contributed by atoms with Crippen molar-refractivity contribution in [1.29, 1.82) is 0 Å². The minimum absolute atomic E-state index is 0.0407. The highest BCUT2D eigenvalue weighted by Crippen LogP contribution is 2.38. The quantitative estimate of drug-likeness (QED) is 0.156. The standard InChI is InChI=1S/C33H24Br2N4O5/c1-43-23-9-5-21(6-10-23)38-17-27(31(36-38)25-15-19(34)3-13-29(25)40)33(42)28-18-39(22-7-11-24(44-2)12-8-22)37-32(28)26-16-20(35)4-14-30(26)41/h3-18,40-41H,1-2H3. The van der Waals surface area contributed by atoms with E-state index in [0.717, 1.165) is 0 Å². The first-order chi connectivity index (χ1) is 21.2. The van der Waals surface area contributed by atoms with Gasteiger partial charge in [-0.3, -0.25) is 4.79 Å². The minimum atomic E-state index is -0.409. The molecular formula is C33H24Br2N4O5. The number of hydrogen-bond donors (Lipinski definition) is 2. The van der Waals surface area contributed by atoms with E-state index in [2.05, 4.69) is 31.9 Å². The molecule has 6 aromatic rings. The average Bonchev–Trinajstić information content (AvgIpc) is 3.69. The van der Waals surface area contributed by atoms with Crippen molar-refractivity contribution < 1.29 is 24.5 Å². The van der Waals surface area contributed by atoms with E-state index < -0.39 is 5.78 Å². The molecule has 0 bridgehead atoms. The Hall–Kier alpha value is -4.87. The third-order valence-corrected chi connectivity index (χ3v) is 8.01. The van der Waals surface area contributed by atoms with Gasteiger partial charge in [-0.05, 0) is 84.9 Å². The zero-order valence-electron chi connectivity index (χ0n) is 23.4. The molecule has 11 heteroatoms. The average molecular weight is 716 g/mol. The van der Waals surface area contributed by atoms with E-state index in [4.69, 9.17) is 19.7 Å². The third-order valence-electron chi connectivity index (χ3n) is 7.02. The molecule has 0 aliphatic carbocycles. The third kappa shape index (κ3) is 5.59. The Labute approximate surface area is 269 Å². The molecule has 4 aromatic carbocycles. The van der Waals surface area contributed by atoms with E-state index in [1.54, 1.807) is 84.5 Å². The Morgan fingerprint density at radius 3 is 1.39 bits per heavy atom. The van der Waals surface area contributed by atoms with E-state index in [9.17, 15) is 15.0 Å². The van der Waals surface area contributed by atoms with E-state index in [-0.39, 0.29) is 34.0 Å². The molecule has 44 heavy (non-hydrogen) atoms. The number of carbonyl (C=O) groups is 1. The molecule has 0 aliphatic heterocycles. The van der Waals surface area contributed by atoms with Crippen LogP contribution < -0.4 is 9.47 Å². The number of phenolic OH excluding ortho intramolecular Hbond substituents is 2. The van der Waals surface area contributed by atoms with Crippen LogP contribution in [0, 0.1) is 0 Å². The predicted molar refractivity (Wildman–Crippen MR) is 173 cm³/mol. The number of phenols is 2. The lowest BCUT2D eigenvalue weighted by Gasteiger charge is -2.07. The first kappa shape index (κ1) is 29.2. The van der Waals surface area contributed by atoms with Crippen molar-refractivity contribution in [1.82, 2.24) is 19.6 Å². The Kier molecular flexibility index (Phi) is 7.98. The monoisotopic (exact) mass is 714 g/mol. The summed E-state index contributed by atoms with van der Waals surface area (Å²) in [6.07, 6.45) is 3.24. The fourth-order valence-electron chi connectivity index (χ4n) is 4.75. The molecule has 0 amide bonds. The SMILES string of the molecule is COc1ccc(-n2cc(C(=O)c3cn(-c4ccc(OC)cc4)nc3-c3cc(Br)ccc3O)c(-c3cc(Br)ccc3O)n2)cc1. The normalized spacial score (nSPS) is 11.0. The summed E-state index contributed by atoms with van der Waals surface area (Å²) in [6, 6.07) is 24.3. The molecule has 220 valence electrons. The van der Waals surface area contributed by atoms with Crippen molar-refractivity contribution in [2.45, 2.75) is 0 Å². The highest BCUT2D eigenvalue weighted by atomic mass is 79.9. The zero-order chi connectivity index (χ0) is 31.0. The molecule has 0 unspecified atom stereocenters. The summed E-state index contributed by atoms with van der Waals surface area (Å²) >= 11 is 6.93. The van der Waals surface area contributed by atoms with Gasteiger partial charge in [-0.2, -0.15) is 10.2 Å². The van der Waals surface area contributed by atoms with Gasteiger partial charge in [-0.15, -0.1) is 0 Å². The number of benzene rings is 4. The van der Waals surface area contributed by atoms with E-state index in [0.29, 0.717) is 42.9 Å². The highest BCUT2D eigenvalue weighted by molar-refractivity contribution is 9.10. The summed E-state index contributed by atoms with van der Waals surface area (Å²) in [5, 5.41) is 31.2. The number of aromatic nitrogens is 4. The lowest BCUT2D eigenvalue weighted by atomic mass is 9.97. The number of hydrogen-bond acceptors (Lipinski definition) is 7. The van der Waals surface area contributed by atoms with Gasteiger partial charge in [0.15, 0.2) is 0 Å². The van der Waals surface area contributed by atoms with Crippen LogP contribution in [0.2, 0.25) is 0 Å². The number of rotatable bonds is 8. The van der Waals surface area contributed by atoms with Gasteiger partial charge >= 0.3 is 0 Å². The van der Waals surface area contributed by atoms with Gasteiger partial charge in [0.1, 0.15) is 34.4 Å². The number of halogens is 2. The summed E-state index contributed by atoms with van der Waals surface area (Å²) < 4.78 is 15.1. The van der Waals surface area contributed by atoms with Crippen LogP contribution in [0.15, 0.2) is 106 Å². The molecule has 0 radical (unpaired) electrons. The van der Waals surface area contributed by atoms with Crippen LogP contribution in [0.5, 0.6) is 23.0 Å². The molecule has 0 saturated carbocycles. The van der Waals surface area contributed by atoms with Crippen molar-refractivity contribution in [3.63, 3.8) is 0 Å². The van der Waals surface area contributed by atoms with Crippen LogP contribution in [-0.2, 0) is 0 Å². The fourth-order valence-corrected chi connectivity index (χ4v) is 5.48. The number of methoxy groups -OCH3 is 2. The molecule has 2 N–H and O–H groups in total. The van der Waals surface area contributed by atoms with Crippen LogP contribution in [0.4, 0.5) is 0 Å². The van der Waals surface area contributed by atoms with Crippen molar-refractivity contribution in [2.75, 3.05) is 14.2 Å². The Bertz CT molecular complexity index is 1860. The molecular weight excluding hydrogens is 692 g/mol. The Morgan fingerprint density at radius 2 is 1.02 bits per heavy atom. The highest BCUT2D eigenvalue weighted by Gasteiger charge is 2.28. The molecule has 2 aromatic heterocycles. The summed E-state index contributed by atoms with van der Waals surface area (Å²) in [7, 11) is 3.17. The predicted octanol–water partition coefficient (Wildman–Crippen LogP) is 7.58. The maximum absolute atomic E-state index is 14.6.